The lowest BCUT2D eigenvalue weighted by atomic mass is 10.1. The van der Waals surface area contributed by atoms with Gasteiger partial charge >= 0.3 is 0 Å². The Morgan fingerprint density at radius 3 is 2.67 bits per heavy atom. The average molecular weight is 254 g/mol. The summed E-state index contributed by atoms with van der Waals surface area (Å²) in [5, 5.41) is 3.27. The van der Waals surface area contributed by atoms with Crippen LogP contribution in [0.1, 0.15) is 40.5 Å². The minimum atomic E-state index is 0.564. The molecule has 0 aromatic carbocycles. The Balaban J connectivity index is 2.31. The Labute approximate surface area is 112 Å². The van der Waals surface area contributed by atoms with E-state index in [1.807, 2.05) is 0 Å². The molecule has 1 heterocycles. The molecule has 18 heavy (non-hydrogen) atoms. The van der Waals surface area contributed by atoms with E-state index in [1.165, 1.54) is 25.9 Å². The number of nitrogens with one attached hydrogen (secondary N) is 1. The van der Waals surface area contributed by atoms with Crippen molar-refractivity contribution in [1.82, 2.24) is 10.2 Å². The Bertz CT molecular complexity index is 261. The van der Waals surface area contributed by atoms with Crippen LogP contribution >= 0.6 is 0 Å². The van der Waals surface area contributed by atoms with Crippen LogP contribution in [0.2, 0.25) is 0 Å². The second-order valence-electron chi connectivity index (χ2n) is 6.19. The molecule has 0 bridgehead atoms. The summed E-state index contributed by atoms with van der Waals surface area (Å²) < 4.78 is 0. The highest BCUT2D eigenvalue weighted by molar-refractivity contribution is 5.77. The van der Waals surface area contributed by atoms with Crippen LogP contribution in [0, 0.1) is 11.8 Å². The molecular weight excluding hydrogens is 224 g/mol. The van der Waals surface area contributed by atoms with E-state index in [0.717, 1.165) is 19.0 Å². The number of guanidine groups is 1. The number of aliphatic imine (C=N–C) groups is 1. The number of rotatable bonds is 6. The van der Waals surface area contributed by atoms with Gasteiger partial charge in [-0.25, -0.2) is 0 Å². The first kappa shape index (κ1) is 15.3. The Kier molecular flexibility index (Phi) is 6.47. The number of hydrogen-bond donors (Lipinski definition) is 2. The van der Waals surface area contributed by atoms with Gasteiger partial charge in [-0.2, -0.15) is 0 Å². The van der Waals surface area contributed by atoms with Crippen molar-refractivity contribution >= 4 is 5.96 Å². The lowest BCUT2D eigenvalue weighted by Crippen LogP contribution is -2.44. The van der Waals surface area contributed by atoms with Crippen LogP contribution in [-0.4, -0.2) is 43.1 Å². The molecule has 0 saturated carbocycles. The maximum absolute atomic E-state index is 5.87. The van der Waals surface area contributed by atoms with Gasteiger partial charge in [-0.3, -0.25) is 9.89 Å². The lowest BCUT2D eigenvalue weighted by molar-refractivity contribution is 0.227. The summed E-state index contributed by atoms with van der Waals surface area (Å²) in [5.74, 6) is 1.90. The molecule has 4 nitrogen and oxygen atoms in total. The largest absolute Gasteiger partial charge is 0.370 e. The monoisotopic (exact) mass is 254 g/mol. The van der Waals surface area contributed by atoms with Crippen LogP contribution in [0.3, 0.4) is 0 Å². The lowest BCUT2D eigenvalue weighted by Gasteiger charge is -2.26. The third kappa shape index (κ3) is 5.71. The predicted molar refractivity (Wildman–Crippen MR) is 78.8 cm³/mol. The number of likely N-dealkylation sites (tertiary alicyclic amines) is 1. The van der Waals surface area contributed by atoms with Gasteiger partial charge in [-0.05, 0) is 31.2 Å². The Morgan fingerprint density at radius 2 is 2.06 bits per heavy atom. The molecule has 0 radical (unpaired) electrons. The maximum atomic E-state index is 5.87. The van der Waals surface area contributed by atoms with Crippen LogP contribution in [0.25, 0.3) is 0 Å². The minimum absolute atomic E-state index is 0.564. The molecular formula is C14H30N4. The summed E-state index contributed by atoms with van der Waals surface area (Å²) >= 11 is 0. The van der Waals surface area contributed by atoms with Gasteiger partial charge in [-0.1, -0.05) is 27.7 Å². The summed E-state index contributed by atoms with van der Waals surface area (Å²) in [6, 6.07) is 0.625. The molecule has 1 fully saturated rings. The molecule has 1 aliphatic rings. The van der Waals surface area contributed by atoms with Crippen LogP contribution in [0.4, 0.5) is 0 Å². The zero-order chi connectivity index (χ0) is 13.5. The molecule has 0 spiro atoms. The normalized spacial score (nSPS) is 22.1. The maximum Gasteiger partial charge on any atom is 0.188 e. The Hall–Kier alpha value is -0.770. The van der Waals surface area contributed by atoms with Gasteiger partial charge in [-0.15, -0.1) is 0 Å². The minimum Gasteiger partial charge on any atom is -0.370 e. The standard InChI is InChI=1S/C14H30N4/c1-11(2)8-16-14(15)17-9-13-6-5-7-18(13)10-12(3)4/h11-13H,5-10H2,1-4H3,(H3,15,16,17)/t13-/m1/s1. The van der Waals surface area contributed by atoms with Gasteiger partial charge < -0.3 is 11.1 Å². The van der Waals surface area contributed by atoms with Crippen LogP contribution in [0.5, 0.6) is 0 Å². The van der Waals surface area contributed by atoms with E-state index in [9.17, 15) is 0 Å². The molecule has 1 atom stereocenters. The van der Waals surface area contributed by atoms with Crippen molar-refractivity contribution in [2.75, 3.05) is 26.2 Å². The second kappa shape index (κ2) is 7.62. The predicted octanol–water partition coefficient (Wildman–Crippen LogP) is 1.67. The quantitative estimate of drug-likeness (QED) is 0.560. The number of hydrogen-bond acceptors (Lipinski definition) is 2. The van der Waals surface area contributed by atoms with E-state index in [4.69, 9.17) is 5.73 Å². The van der Waals surface area contributed by atoms with Gasteiger partial charge in [0.25, 0.3) is 0 Å². The zero-order valence-corrected chi connectivity index (χ0v) is 12.4. The molecule has 3 N–H and O–H groups in total. The first-order valence-electron chi connectivity index (χ1n) is 7.27. The molecule has 0 aromatic rings. The average Bonchev–Trinajstić information content (AvgIpc) is 2.70. The summed E-state index contributed by atoms with van der Waals surface area (Å²) in [6.07, 6.45) is 2.58. The molecule has 0 amide bonds. The smallest absolute Gasteiger partial charge is 0.188 e. The van der Waals surface area contributed by atoms with Crippen molar-refractivity contribution in [3.8, 4) is 0 Å². The second-order valence-corrected chi connectivity index (χ2v) is 6.19. The van der Waals surface area contributed by atoms with Crippen molar-refractivity contribution in [3.05, 3.63) is 0 Å². The number of nitrogens with zero attached hydrogens (tertiary/aromatic N) is 2. The summed E-state index contributed by atoms with van der Waals surface area (Å²) in [7, 11) is 0. The van der Waals surface area contributed by atoms with E-state index < -0.39 is 0 Å². The number of nitrogens with two attached hydrogens (primary N) is 1. The Morgan fingerprint density at radius 1 is 1.33 bits per heavy atom. The topological polar surface area (TPSA) is 53.6 Å². The summed E-state index contributed by atoms with van der Waals surface area (Å²) in [6.45, 7) is 13.0. The highest BCUT2D eigenvalue weighted by atomic mass is 15.2. The van der Waals surface area contributed by atoms with Crippen molar-refractivity contribution in [3.63, 3.8) is 0 Å². The molecule has 1 saturated heterocycles. The molecule has 0 unspecified atom stereocenters. The molecule has 1 rings (SSSR count). The third-order valence-corrected chi connectivity index (χ3v) is 3.24. The van der Waals surface area contributed by atoms with Gasteiger partial charge in [0.05, 0.1) is 0 Å². The van der Waals surface area contributed by atoms with E-state index in [2.05, 4.69) is 42.9 Å². The molecule has 4 heteroatoms. The first-order valence-corrected chi connectivity index (χ1v) is 7.27. The fraction of sp³-hybridized carbons (Fsp3) is 0.929. The summed E-state index contributed by atoms with van der Waals surface area (Å²) in [5.41, 5.74) is 5.87. The van der Waals surface area contributed by atoms with Gasteiger partial charge in [0, 0.05) is 25.7 Å². The zero-order valence-electron chi connectivity index (χ0n) is 12.4. The molecule has 0 aliphatic carbocycles. The fourth-order valence-electron chi connectivity index (χ4n) is 2.39. The van der Waals surface area contributed by atoms with E-state index in [1.54, 1.807) is 0 Å². The van der Waals surface area contributed by atoms with Crippen molar-refractivity contribution in [2.45, 2.75) is 46.6 Å². The summed E-state index contributed by atoms with van der Waals surface area (Å²) in [4.78, 5) is 6.91. The van der Waals surface area contributed by atoms with Crippen molar-refractivity contribution in [1.29, 1.82) is 0 Å². The van der Waals surface area contributed by atoms with Crippen LogP contribution < -0.4 is 11.1 Å². The van der Waals surface area contributed by atoms with E-state index >= 15 is 0 Å². The van der Waals surface area contributed by atoms with Gasteiger partial charge in [0.1, 0.15) is 0 Å². The molecule has 0 aromatic heterocycles. The molecule has 1 aliphatic heterocycles. The molecule has 106 valence electrons. The first-order chi connectivity index (χ1) is 8.49. The third-order valence-electron chi connectivity index (χ3n) is 3.24. The van der Waals surface area contributed by atoms with Crippen LogP contribution in [0.15, 0.2) is 4.99 Å². The van der Waals surface area contributed by atoms with Crippen molar-refractivity contribution < 1.29 is 0 Å². The highest BCUT2D eigenvalue weighted by Crippen LogP contribution is 2.17. The fourth-order valence-corrected chi connectivity index (χ4v) is 2.39. The van der Waals surface area contributed by atoms with Gasteiger partial charge in [0.15, 0.2) is 5.96 Å². The highest BCUT2D eigenvalue weighted by Gasteiger charge is 2.24. The van der Waals surface area contributed by atoms with Crippen LogP contribution in [-0.2, 0) is 0 Å². The van der Waals surface area contributed by atoms with Crippen molar-refractivity contribution in [2.24, 2.45) is 22.6 Å². The SMILES string of the molecule is CC(C)CN=C(N)NC[C@H]1CCCN1CC(C)C. The van der Waals surface area contributed by atoms with E-state index in [0.29, 0.717) is 17.9 Å². The van der Waals surface area contributed by atoms with Gasteiger partial charge in [0.2, 0.25) is 0 Å². The van der Waals surface area contributed by atoms with E-state index in [-0.39, 0.29) is 0 Å².